The first-order valence-electron chi connectivity index (χ1n) is 4.16. The number of benzene rings is 1. The quantitative estimate of drug-likeness (QED) is 0.489. The molecule has 0 amide bonds. The standard InChI is InChI=1S/C10H8F3NS2/c1-2-9(14)16-15-8-5-3-4-7(6-8)10(11,12)13/h2-6,14H,1H2. The molecule has 1 rings (SSSR count). The Bertz CT molecular complexity index is 401. The van der Waals surface area contributed by atoms with E-state index >= 15 is 0 Å². The van der Waals surface area contributed by atoms with Crippen molar-refractivity contribution in [3.63, 3.8) is 0 Å². The van der Waals surface area contributed by atoms with Gasteiger partial charge in [0.2, 0.25) is 0 Å². The minimum Gasteiger partial charge on any atom is -0.293 e. The van der Waals surface area contributed by atoms with E-state index in [-0.39, 0.29) is 5.04 Å². The molecule has 1 aromatic carbocycles. The molecule has 0 aliphatic rings. The van der Waals surface area contributed by atoms with Gasteiger partial charge in [0.05, 0.1) is 10.6 Å². The monoisotopic (exact) mass is 263 g/mol. The predicted octanol–water partition coefficient (Wildman–Crippen LogP) is 4.61. The van der Waals surface area contributed by atoms with Gasteiger partial charge in [0.1, 0.15) is 0 Å². The third kappa shape index (κ3) is 3.94. The molecule has 0 bridgehead atoms. The topological polar surface area (TPSA) is 23.9 Å². The van der Waals surface area contributed by atoms with Crippen LogP contribution in [0.2, 0.25) is 0 Å². The van der Waals surface area contributed by atoms with Crippen LogP contribution in [0.5, 0.6) is 0 Å². The lowest BCUT2D eigenvalue weighted by molar-refractivity contribution is -0.137. The fourth-order valence-electron chi connectivity index (χ4n) is 0.851. The highest BCUT2D eigenvalue weighted by molar-refractivity contribution is 8.82. The van der Waals surface area contributed by atoms with Gasteiger partial charge >= 0.3 is 6.18 Å². The molecule has 86 valence electrons. The van der Waals surface area contributed by atoms with E-state index in [1.807, 2.05) is 0 Å². The highest BCUT2D eigenvalue weighted by atomic mass is 33.1. The Hall–Kier alpha value is -0.880. The minimum atomic E-state index is -4.33. The van der Waals surface area contributed by atoms with E-state index in [9.17, 15) is 13.2 Å². The second-order valence-corrected chi connectivity index (χ2v) is 5.01. The maximum atomic E-state index is 12.4. The molecular weight excluding hydrogens is 255 g/mol. The van der Waals surface area contributed by atoms with E-state index in [4.69, 9.17) is 5.41 Å². The maximum absolute atomic E-state index is 12.4. The number of hydrogen-bond acceptors (Lipinski definition) is 3. The first-order valence-corrected chi connectivity index (χ1v) is 6.31. The van der Waals surface area contributed by atoms with Crippen LogP contribution in [-0.2, 0) is 6.18 Å². The molecule has 0 spiro atoms. The lowest BCUT2D eigenvalue weighted by Gasteiger charge is -2.07. The molecule has 0 saturated carbocycles. The second-order valence-electron chi connectivity index (χ2n) is 2.76. The molecule has 0 saturated heterocycles. The Morgan fingerprint density at radius 1 is 1.38 bits per heavy atom. The first-order chi connectivity index (χ1) is 7.43. The summed E-state index contributed by atoms with van der Waals surface area (Å²) in [7, 11) is 2.17. The molecule has 16 heavy (non-hydrogen) atoms. The zero-order chi connectivity index (χ0) is 12.2. The highest BCUT2D eigenvalue weighted by Gasteiger charge is 2.30. The van der Waals surface area contributed by atoms with E-state index in [0.29, 0.717) is 4.90 Å². The molecule has 0 heterocycles. The molecule has 0 fully saturated rings. The van der Waals surface area contributed by atoms with E-state index in [2.05, 4.69) is 6.58 Å². The maximum Gasteiger partial charge on any atom is 0.416 e. The van der Waals surface area contributed by atoms with Crippen LogP contribution in [0.3, 0.4) is 0 Å². The van der Waals surface area contributed by atoms with Crippen LogP contribution in [0.1, 0.15) is 5.56 Å². The fourth-order valence-corrected chi connectivity index (χ4v) is 2.49. The van der Waals surface area contributed by atoms with Crippen molar-refractivity contribution >= 4 is 26.6 Å². The Morgan fingerprint density at radius 3 is 2.62 bits per heavy atom. The van der Waals surface area contributed by atoms with Gasteiger partial charge in [0.15, 0.2) is 0 Å². The van der Waals surface area contributed by atoms with Gasteiger partial charge in [-0.3, -0.25) is 5.41 Å². The summed E-state index contributed by atoms with van der Waals surface area (Å²) in [5, 5.41) is 7.48. The Kier molecular flexibility index (Phi) is 4.49. The molecule has 1 N–H and O–H groups in total. The van der Waals surface area contributed by atoms with Crippen LogP contribution in [0.4, 0.5) is 13.2 Å². The van der Waals surface area contributed by atoms with Gasteiger partial charge in [-0.15, -0.1) is 0 Å². The van der Waals surface area contributed by atoms with E-state index in [1.165, 1.54) is 12.1 Å². The van der Waals surface area contributed by atoms with E-state index in [1.54, 1.807) is 6.07 Å². The van der Waals surface area contributed by atoms with Gasteiger partial charge in [-0.05, 0) is 35.1 Å². The van der Waals surface area contributed by atoms with Gasteiger partial charge in [-0.25, -0.2) is 0 Å². The van der Waals surface area contributed by atoms with Crippen molar-refractivity contribution in [2.45, 2.75) is 11.1 Å². The van der Waals surface area contributed by atoms with Crippen molar-refractivity contribution in [1.82, 2.24) is 0 Å². The fraction of sp³-hybridized carbons (Fsp3) is 0.100. The number of halogens is 3. The van der Waals surface area contributed by atoms with Crippen LogP contribution < -0.4 is 0 Å². The van der Waals surface area contributed by atoms with E-state index in [0.717, 1.165) is 33.7 Å². The predicted molar refractivity (Wildman–Crippen MR) is 62.8 cm³/mol. The summed E-state index contributed by atoms with van der Waals surface area (Å²) in [5.74, 6) is 0. The smallest absolute Gasteiger partial charge is 0.293 e. The Morgan fingerprint density at radius 2 is 2.06 bits per heavy atom. The lowest BCUT2D eigenvalue weighted by atomic mass is 10.2. The van der Waals surface area contributed by atoms with Crippen LogP contribution in [0.15, 0.2) is 41.8 Å². The summed E-state index contributed by atoms with van der Waals surface area (Å²) in [6, 6.07) is 5.01. The van der Waals surface area contributed by atoms with Crippen LogP contribution in [0.25, 0.3) is 0 Å². The molecule has 1 nitrogen and oxygen atoms in total. The second kappa shape index (κ2) is 5.45. The average molecular weight is 263 g/mol. The van der Waals surface area contributed by atoms with Crippen molar-refractivity contribution in [2.75, 3.05) is 0 Å². The molecule has 0 radical (unpaired) electrons. The Labute approximate surface area is 99.0 Å². The largest absolute Gasteiger partial charge is 0.416 e. The number of rotatable bonds is 3. The van der Waals surface area contributed by atoms with Gasteiger partial charge < -0.3 is 0 Å². The molecule has 0 aliphatic carbocycles. The summed E-state index contributed by atoms with van der Waals surface area (Å²) in [6.45, 7) is 3.39. The molecule has 6 heteroatoms. The van der Waals surface area contributed by atoms with Crippen molar-refractivity contribution in [1.29, 1.82) is 5.41 Å². The molecule has 0 aromatic heterocycles. The van der Waals surface area contributed by atoms with Crippen LogP contribution in [-0.4, -0.2) is 5.04 Å². The van der Waals surface area contributed by atoms with Gasteiger partial charge in [0, 0.05) is 4.90 Å². The van der Waals surface area contributed by atoms with Crippen LogP contribution >= 0.6 is 21.6 Å². The summed E-state index contributed by atoms with van der Waals surface area (Å²) in [6.07, 6.45) is -2.99. The average Bonchev–Trinajstić information content (AvgIpc) is 2.25. The van der Waals surface area contributed by atoms with Gasteiger partial charge in [0.25, 0.3) is 0 Å². The first kappa shape index (κ1) is 13.2. The summed E-state index contributed by atoms with van der Waals surface area (Å²) in [5.41, 5.74) is -0.678. The summed E-state index contributed by atoms with van der Waals surface area (Å²) < 4.78 is 37.1. The van der Waals surface area contributed by atoms with Gasteiger partial charge in [-0.1, -0.05) is 23.4 Å². The molecular formula is C10H8F3NS2. The summed E-state index contributed by atoms with van der Waals surface area (Å²) in [4.78, 5) is 0.464. The normalized spacial score (nSPS) is 11.2. The third-order valence-electron chi connectivity index (χ3n) is 1.57. The lowest BCUT2D eigenvalue weighted by Crippen LogP contribution is -2.04. The molecule has 1 aromatic rings. The zero-order valence-electron chi connectivity index (χ0n) is 8.04. The molecule has 0 unspecified atom stereocenters. The minimum absolute atomic E-state index is 0.211. The SMILES string of the molecule is C=CC(=N)SSc1cccc(C(F)(F)F)c1. The highest BCUT2D eigenvalue weighted by Crippen LogP contribution is 2.36. The zero-order valence-corrected chi connectivity index (χ0v) is 9.68. The van der Waals surface area contributed by atoms with Crippen LogP contribution in [0, 0.1) is 5.41 Å². The van der Waals surface area contributed by atoms with Crippen molar-refractivity contribution < 1.29 is 13.2 Å². The van der Waals surface area contributed by atoms with Crippen molar-refractivity contribution in [3.8, 4) is 0 Å². The van der Waals surface area contributed by atoms with Crippen molar-refractivity contribution in [3.05, 3.63) is 42.5 Å². The number of alkyl halides is 3. The van der Waals surface area contributed by atoms with Gasteiger partial charge in [-0.2, -0.15) is 13.2 Å². The van der Waals surface area contributed by atoms with E-state index < -0.39 is 11.7 Å². The number of hydrogen-bond donors (Lipinski definition) is 1. The summed E-state index contributed by atoms with van der Waals surface area (Å²) >= 11 is 0. The molecule has 0 aliphatic heterocycles. The van der Waals surface area contributed by atoms with Crippen molar-refractivity contribution in [2.24, 2.45) is 0 Å². The molecule has 0 atom stereocenters. The Balaban J connectivity index is 2.75. The number of nitrogens with one attached hydrogen (secondary N) is 1. The third-order valence-corrected chi connectivity index (χ3v) is 3.82.